The number of anilines is 1. The summed E-state index contributed by atoms with van der Waals surface area (Å²) in [5, 5.41) is 2.94. The number of primary amides is 1. The Bertz CT molecular complexity index is 1990. The van der Waals surface area contributed by atoms with Crippen LogP contribution in [0.15, 0.2) is 77.9 Å². The van der Waals surface area contributed by atoms with Gasteiger partial charge in [0.1, 0.15) is 28.6 Å². The molecule has 0 saturated carbocycles. The Morgan fingerprint density at radius 2 is 1.81 bits per heavy atom. The fraction of sp³-hybridized carbons (Fsp3) is 0.0968. The van der Waals surface area contributed by atoms with Crippen LogP contribution in [0.2, 0.25) is 0 Å². The van der Waals surface area contributed by atoms with Crippen LogP contribution in [0.25, 0.3) is 16.6 Å². The normalized spacial score (nSPS) is 12.0. The first-order valence-electron chi connectivity index (χ1n) is 13.0. The maximum Gasteiger partial charge on any atom is 0.271 e. The van der Waals surface area contributed by atoms with Crippen LogP contribution in [0.5, 0.6) is 23.0 Å². The molecule has 5 aromatic rings. The van der Waals surface area contributed by atoms with Crippen LogP contribution in [0, 0.1) is 11.6 Å². The fourth-order valence-electron chi connectivity index (χ4n) is 4.82. The lowest BCUT2D eigenvalue weighted by atomic mass is 10.1. The van der Waals surface area contributed by atoms with E-state index in [0.717, 1.165) is 6.07 Å². The number of nitrogens with two attached hydrogens (primary N) is 1. The number of carbonyl (C=O) groups excluding carboxylic acids is 2. The third-order valence-electron chi connectivity index (χ3n) is 6.88. The van der Waals surface area contributed by atoms with Crippen molar-refractivity contribution in [1.82, 2.24) is 9.55 Å². The van der Waals surface area contributed by atoms with Crippen LogP contribution < -0.4 is 30.8 Å². The molecular formula is C31H22F2N4O6. The highest BCUT2D eigenvalue weighted by Gasteiger charge is 2.27. The molecule has 0 bridgehead atoms. The second-order valence-electron chi connectivity index (χ2n) is 9.55. The Morgan fingerprint density at radius 3 is 2.53 bits per heavy atom. The zero-order chi connectivity index (χ0) is 30.2. The number of amides is 2. The van der Waals surface area contributed by atoms with Crippen molar-refractivity contribution >= 4 is 28.4 Å². The molecule has 2 amide bonds. The summed E-state index contributed by atoms with van der Waals surface area (Å²) in [6.07, 6.45) is 3.48. The van der Waals surface area contributed by atoms with Crippen LogP contribution in [-0.2, 0) is 6.42 Å². The van der Waals surface area contributed by atoms with Crippen molar-refractivity contribution in [2.24, 2.45) is 5.73 Å². The van der Waals surface area contributed by atoms with Crippen LogP contribution in [0.3, 0.4) is 0 Å². The number of methoxy groups -OCH3 is 1. The lowest BCUT2D eigenvalue weighted by Crippen LogP contribution is -2.29. The zero-order valence-electron chi connectivity index (χ0n) is 22.5. The number of pyridine rings is 2. The highest BCUT2D eigenvalue weighted by molar-refractivity contribution is 6.06. The third-order valence-corrected chi connectivity index (χ3v) is 6.88. The second kappa shape index (κ2) is 10.9. The van der Waals surface area contributed by atoms with Crippen molar-refractivity contribution in [1.29, 1.82) is 0 Å². The molecule has 216 valence electrons. The minimum Gasteiger partial charge on any atom is -0.496 e. The number of aromatic nitrogens is 2. The van der Waals surface area contributed by atoms with Crippen LogP contribution in [0.1, 0.15) is 26.3 Å². The molecule has 2 aromatic heterocycles. The number of carbonyl (C=O) groups is 2. The Balaban J connectivity index is 1.29. The van der Waals surface area contributed by atoms with Gasteiger partial charge in [-0.2, -0.15) is 0 Å². The van der Waals surface area contributed by atoms with Gasteiger partial charge in [-0.3, -0.25) is 23.9 Å². The molecule has 10 nitrogen and oxygen atoms in total. The quantitative estimate of drug-likeness (QED) is 0.282. The van der Waals surface area contributed by atoms with E-state index in [-0.39, 0.29) is 46.4 Å². The first kappa shape index (κ1) is 27.4. The van der Waals surface area contributed by atoms with E-state index in [1.54, 1.807) is 6.20 Å². The summed E-state index contributed by atoms with van der Waals surface area (Å²) >= 11 is 0. The van der Waals surface area contributed by atoms with Gasteiger partial charge in [-0.05, 0) is 48.5 Å². The number of halogens is 2. The van der Waals surface area contributed by atoms with E-state index in [9.17, 15) is 18.8 Å². The lowest BCUT2D eigenvalue weighted by molar-refractivity contribution is 0.0994. The highest BCUT2D eigenvalue weighted by Crippen LogP contribution is 2.35. The van der Waals surface area contributed by atoms with Crippen LogP contribution in [0.4, 0.5) is 14.5 Å². The summed E-state index contributed by atoms with van der Waals surface area (Å²) in [5.74, 6) is -2.41. The molecule has 0 fully saturated rings. The monoisotopic (exact) mass is 584 g/mol. The number of fused-ring (bicyclic) bond motifs is 2. The number of hydrogen-bond donors (Lipinski definition) is 2. The van der Waals surface area contributed by atoms with Crippen molar-refractivity contribution in [3.63, 3.8) is 0 Å². The van der Waals surface area contributed by atoms with Crippen molar-refractivity contribution < 1.29 is 32.6 Å². The summed E-state index contributed by atoms with van der Waals surface area (Å²) in [6, 6.07) is 13.5. The predicted octanol–water partition coefficient (Wildman–Crippen LogP) is 4.75. The van der Waals surface area contributed by atoms with E-state index in [4.69, 9.17) is 19.9 Å². The van der Waals surface area contributed by atoms with Gasteiger partial charge in [0, 0.05) is 53.3 Å². The van der Waals surface area contributed by atoms with E-state index in [1.807, 2.05) is 0 Å². The van der Waals surface area contributed by atoms with Crippen molar-refractivity contribution in [3.8, 4) is 28.7 Å². The van der Waals surface area contributed by atoms with E-state index in [1.165, 1.54) is 72.5 Å². The van der Waals surface area contributed by atoms with E-state index >= 15 is 4.39 Å². The molecule has 1 aliphatic heterocycles. The first-order chi connectivity index (χ1) is 20.7. The Kier molecular flexibility index (Phi) is 6.94. The number of benzene rings is 3. The molecule has 0 saturated heterocycles. The lowest BCUT2D eigenvalue weighted by Gasteiger charge is -2.14. The molecule has 12 heteroatoms. The molecule has 3 N–H and O–H groups in total. The van der Waals surface area contributed by atoms with Crippen molar-refractivity contribution in [2.75, 3.05) is 19.0 Å². The molecule has 3 heterocycles. The van der Waals surface area contributed by atoms with Crippen LogP contribution >= 0.6 is 0 Å². The summed E-state index contributed by atoms with van der Waals surface area (Å²) in [6.45, 7) is 0.278. The average molecular weight is 585 g/mol. The number of hydrogen-bond acceptors (Lipinski definition) is 7. The van der Waals surface area contributed by atoms with Gasteiger partial charge in [0.05, 0.1) is 24.8 Å². The van der Waals surface area contributed by atoms with Gasteiger partial charge in [0.15, 0.2) is 11.6 Å². The van der Waals surface area contributed by atoms with Gasteiger partial charge in [-0.25, -0.2) is 8.78 Å². The Morgan fingerprint density at radius 1 is 1.02 bits per heavy atom. The SMILES string of the molecule is COc1cc2nccc(Oc3ccc(NC(=O)c4c5c(cn(-c6ccc(F)cc6)c4=O)CCO5)cc3F)c2cc1C(N)=O. The molecule has 0 radical (unpaired) electrons. The van der Waals surface area contributed by atoms with Crippen molar-refractivity contribution in [3.05, 3.63) is 112 Å². The maximum atomic E-state index is 15.2. The minimum atomic E-state index is -0.815. The van der Waals surface area contributed by atoms with Gasteiger partial charge in [0.2, 0.25) is 0 Å². The molecule has 0 atom stereocenters. The standard InChI is InChI=1S/C31H22F2N4O6/c1-41-26-14-23-20(13-21(26)29(34)38)24(8-10-35-23)43-25-7-4-18(12-22(25)33)36-30(39)27-28-16(9-11-42-28)15-37(31(27)40)19-5-2-17(32)3-6-19/h2-8,10,12-15H,9,11H2,1H3,(H2,34,38)(H,36,39). The molecule has 0 aliphatic carbocycles. The summed E-state index contributed by atoms with van der Waals surface area (Å²) in [4.78, 5) is 42.9. The molecule has 0 spiro atoms. The number of ether oxygens (including phenoxy) is 3. The summed E-state index contributed by atoms with van der Waals surface area (Å²) in [5.41, 5.74) is 6.11. The molecule has 0 unspecified atom stereocenters. The smallest absolute Gasteiger partial charge is 0.271 e. The van der Waals surface area contributed by atoms with Gasteiger partial charge >= 0.3 is 0 Å². The number of nitrogens with one attached hydrogen (secondary N) is 1. The Hall–Kier alpha value is -5.78. The van der Waals surface area contributed by atoms with Gasteiger partial charge in [-0.1, -0.05) is 0 Å². The van der Waals surface area contributed by atoms with E-state index in [0.29, 0.717) is 28.6 Å². The molecule has 1 aliphatic rings. The number of rotatable bonds is 7. The minimum absolute atomic E-state index is 0.0542. The summed E-state index contributed by atoms with van der Waals surface area (Å²) in [7, 11) is 1.39. The van der Waals surface area contributed by atoms with Crippen LogP contribution in [-0.4, -0.2) is 35.1 Å². The Labute approximate surface area is 242 Å². The van der Waals surface area contributed by atoms with Crippen molar-refractivity contribution in [2.45, 2.75) is 6.42 Å². The number of nitrogens with zero attached hydrogens (tertiary/aromatic N) is 2. The first-order valence-corrected chi connectivity index (χ1v) is 13.0. The summed E-state index contributed by atoms with van der Waals surface area (Å²) < 4.78 is 46.5. The third kappa shape index (κ3) is 5.10. The second-order valence-corrected chi connectivity index (χ2v) is 9.55. The topological polar surface area (TPSA) is 135 Å². The fourth-order valence-corrected chi connectivity index (χ4v) is 4.82. The van der Waals surface area contributed by atoms with Gasteiger partial charge < -0.3 is 25.3 Å². The zero-order valence-corrected chi connectivity index (χ0v) is 22.5. The predicted molar refractivity (Wildman–Crippen MR) is 152 cm³/mol. The molecule has 6 rings (SSSR count). The largest absolute Gasteiger partial charge is 0.496 e. The van der Waals surface area contributed by atoms with Gasteiger partial charge in [-0.15, -0.1) is 0 Å². The highest BCUT2D eigenvalue weighted by atomic mass is 19.1. The average Bonchev–Trinajstić information content (AvgIpc) is 3.46. The molecular weight excluding hydrogens is 562 g/mol. The molecule has 3 aromatic carbocycles. The van der Waals surface area contributed by atoms with E-state index < -0.39 is 29.0 Å². The maximum absolute atomic E-state index is 15.2. The molecule has 43 heavy (non-hydrogen) atoms. The van der Waals surface area contributed by atoms with E-state index in [2.05, 4.69) is 10.3 Å². The van der Waals surface area contributed by atoms with Gasteiger partial charge in [0.25, 0.3) is 17.4 Å².